The molecule has 1 heterocycles. The van der Waals surface area contributed by atoms with Gasteiger partial charge in [0.05, 0.1) is 0 Å². The summed E-state index contributed by atoms with van der Waals surface area (Å²) in [6.07, 6.45) is 2.05. The Balaban J connectivity index is 1.89. The van der Waals surface area contributed by atoms with Crippen molar-refractivity contribution < 1.29 is 0 Å². The first-order valence-corrected chi connectivity index (χ1v) is 14.0. The van der Waals surface area contributed by atoms with Gasteiger partial charge in [0.2, 0.25) is 0 Å². The molecule has 3 aromatic carbocycles. The molecule has 0 atom stereocenters. The number of nitrogens with zero attached hydrogens (tertiary/aromatic N) is 1. The van der Waals surface area contributed by atoms with Crippen molar-refractivity contribution in [2.24, 2.45) is 0 Å². The fourth-order valence-corrected chi connectivity index (χ4v) is 12.7. The van der Waals surface area contributed by atoms with Crippen molar-refractivity contribution in [3.8, 4) is 11.3 Å². The molecule has 0 spiro atoms. The summed E-state index contributed by atoms with van der Waals surface area (Å²) in [4.78, 5) is 4.71. The Morgan fingerprint density at radius 1 is 0.654 bits per heavy atom. The van der Waals surface area contributed by atoms with Gasteiger partial charge in [-0.25, -0.2) is 0 Å². The van der Waals surface area contributed by atoms with Gasteiger partial charge in [0.15, 0.2) is 0 Å². The third kappa shape index (κ3) is 3.61. The molecule has 0 aliphatic rings. The van der Waals surface area contributed by atoms with E-state index in [-0.39, 0.29) is 0 Å². The van der Waals surface area contributed by atoms with E-state index >= 15 is 0 Å². The SMILES string of the molecule is Cc1cnc(-c2ccccc2)c[c]1[Bi]([c]1ccccc1)[c]1ccccc1. The monoisotopic (exact) mass is 531 g/mol. The van der Waals surface area contributed by atoms with E-state index in [1.807, 2.05) is 12.3 Å². The van der Waals surface area contributed by atoms with Crippen molar-refractivity contribution in [2.45, 2.75) is 6.92 Å². The molecule has 0 bridgehead atoms. The summed E-state index contributed by atoms with van der Waals surface area (Å²) in [5.41, 5.74) is 3.55. The van der Waals surface area contributed by atoms with E-state index < -0.39 is 21.8 Å². The van der Waals surface area contributed by atoms with Crippen LogP contribution in [0.5, 0.6) is 0 Å². The maximum absolute atomic E-state index is 4.71. The standard InChI is InChI=1S/C12H10N.2C6H5.Bi/c1-10-7-8-12(13-9-10)11-5-3-2-4-6-11;2*1-2-4-6-5-3-1;/h2-6,8-9H,1H3;2*1-5H;. The maximum atomic E-state index is 4.71. The van der Waals surface area contributed by atoms with E-state index in [2.05, 4.69) is 97.9 Å². The van der Waals surface area contributed by atoms with Gasteiger partial charge < -0.3 is 0 Å². The minimum absolute atomic E-state index is 1.07. The molecule has 0 aliphatic heterocycles. The third-order valence-electron chi connectivity index (χ3n) is 4.41. The molecule has 0 aliphatic carbocycles. The number of hydrogen-bond donors (Lipinski definition) is 0. The van der Waals surface area contributed by atoms with Crippen LogP contribution in [-0.4, -0.2) is 26.7 Å². The molecule has 0 N–H and O–H groups in total. The molecule has 0 radical (unpaired) electrons. The first kappa shape index (κ1) is 17.1. The Hall–Kier alpha value is -2.31. The van der Waals surface area contributed by atoms with Crippen LogP contribution in [0.4, 0.5) is 0 Å². The molecule has 0 fully saturated rings. The third-order valence-corrected chi connectivity index (χ3v) is 14.5. The topological polar surface area (TPSA) is 12.9 Å². The number of rotatable bonds is 4. The van der Waals surface area contributed by atoms with E-state index in [1.165, 1.54) is 20.9 Å². The molecule has 2 heteroatoms. The zero-order valence-corrected chi connectivity index (χ0v) is 18.2. The van der Waals surface area contributed by atoms with Gasteiger partial charge in [0, 0.05) is 0 Å². The fourth-order valence-electron chi connectivity index (χ4n) is 3.10. The quantitative estimate of drug-likeness (QED) is 0.367. The normalized spacial score (nSPS) is 10.8. The van der Waals surface area contributed by atoms with E-state index in [0.717, 1.165) is 5.69 Å². The second-order valence-corrected chi connectivity index (χ2v) is 14.7. The first-order valence-electron chi connectivity index (χ1n) is 8.75. The van der Waals surface area contributed by atoms with Crippen molar-refractivity contribution in [1.82, 2.24) is 4.98 Å². The summed E-state index contributed by atoms with van der Waals surface area (Å²) in [5, 5.41) is 0. The van der Waals surface area contributed by atoms with Gasteiger partial charge in [-0.1, -0.05) is 0 Å². The van der Waals surface area contributed by atoms with Crippen LogP contribution < -0.4 is 9.81 Å². The van der Waals surface area contributed by atoms with Crippen LogP contribution >= 0.6 is 0 Å². The molecule has 0 unspecified atom stereocenters. The molecule has 126 valence electrons. The van der Waals surface area contributed by atoms with E-state index in [0.29, 0.717) is 0 Å². The molecule has 1 aromatic heterocycles. The molecular weight excluding hydrogens is 511 g/mol. The molecule has 0 saturated carbocycles. The second kappa shape index (κ2) is 7.93. The summed E-state index contributed by atoms with van der Waals surface area (Å²) in [6, 6.07) is 34.9. The van der Waals surface area contributed by atoms with Crippen molar-refractivity contribution in [1.29, 1.82) is 0 Å². The van der Waals surface area contributed by atoms with Gasteiger partial charge in [0.25, 0.3) is 0 Å². The summed E-state index contributed by atoms with van der Waals surface area (Å²) >= 11 is -2.35. The van der Waals surface area contributed by atoms with Crippen molar-refractivity contribution in [3.05, 3.63) is 109 Å². The molecule has 4 rings (SSSR count). The predicted octanol–water partition coefficient (Wildman–Crippen LogP) is 3.57. The number of hydrogen-bond acceptors (Lipinski definition) is 1. The Morgan fingerprint density at radius 2 is 1.15 bits per heavy atom. The molecule has 0 amide bonds. The Kier molecular flexibility index (Phi) is 5.22. The summed E-state index contributed by atoms with van der Waals surface area (Å²) in [6.45, 7) is 2.20. The number of pyridine rings is 1. The van der Waals surface area contributed by atoms with Gasteiger partial charge in [0.1, 0.15) is 0 Å². The van der Waals surface area contributed by atoms with Crippen LogP contribution in [0.15, 0.2) is 103 Å². The van der Waals surface area contributed by atoms with Gasteiger partial charge >= 0.3 is 164 Å². The number of benzene rings is 3. The van der Waals surface area contributed by atoms with Gasteiger partial charge in [-0.15, -0.1) is 0 Å². The Bertz CT molecular complexity index is 943. The summed E-state index contributed by atoms with van der Waals surface area (Å²) < 4.78 is 4.51. The number of aryl methyl sites for hydroxylation is 1. The molecular formula is C24H20BiN. The van der Waals surface area contributed by atoms with E-state index in [9.17, 15) is 0 Å². The first-order chi connectivity index (χ1) is 12.8. The zero-order chi connectivity index (χ0) is 17.8. The summed E-state index contributed by atoms with van der Waals surface area (Å²) in [7, 11) is 0. The van der Waals surface area contributed by atoms with E-state index in [1.54, 1.807) is 0 Å². The minimum atomic E-state index is -2.35. The van der Waals surface area contributed by atoms with Gasteiger partial charge in [-0.05, 0) is 0 Å². The average Bonchev–Trinajstić information content (AvgIpc) is 2.72. The second-order valence-electron chi connectivity index (χ2n) is 6.23. The Morgan fingerprint density at radius 3 is 1.69 bits per heavy atom. The fraction of sp³-hybridized carbons (Fsp3) is 0.0417. The predicted molar refractivity (Wildman–Crippen MR) is 112 cm³/mol. The van der Waals surface area contributed by atoms with Crippen molar-refractivity contribution >= 4 is 31.6 Å². The van der Waals surface area contributed by atoms with Crippen LogP contribution in [-0.2, 0) is 0 Å². The zero-order valence-electron chi connectivity index (χ0n) is 14.7. The number of aromatic nitrogens is 1. The van der Waals surface area contributed by atoms with Gasteiger partial charge in [-0.3, -0.25) is 0 Å². The molecule has 1 nitrogen and oxygen atoms in total. The van der Waals surface area contributed by atoms with Gasteiger partial charge in [-0.2, -0.15) is 0 Å². The molecule has 0 saturated heterocycles. The van der Waals surface area contributed by atoms with Crippen LogP contribution in [0.25, 0.3) is 11.3 Å². The van der Waals surface area contributed by atoms with Crippen LogP contribution in [0.2, 0.25) is 0 Å². The average molecular weight is 531 g/mol. The van der Waals surface area contributed by atoms with Crippen molar-refractivity contribution in [2.75, 3.05) is 0 Å². The van der Waals surface area contributed by atoms with Crippen LogP contribution in [0, 0.1) is 6.92 Å². The Labute approximate surface area is 163 Å². The van der Waals surface area contributed by atoms with E-state index in [4.69, 9.17) is 4.98 Å². The molecule has 26 heavy (non-hydrogen) atoms. The molecule has 4 aromatic rings. The van der Waals surface area contributed by atoms with Crippen molar-refractivity contribution in [3.63, 3.8) is 0 Å². The summed E-state index contributed by atoms with van der Waals surface area (Å²) in [5.74, 6) is 0. The van der Waals surface area contributed by atoms with Crippen LogP contribution in [0.1, 0.15) is 5.56 Å². The van der Waals surface area contributed by atoms with Crippen LogP contribution in [0.3, 0.4) is 0 Å².